The second-order valence-corrected chi connectivity index (χ2v) is 9.46. The molecule has 0 radical (unpaired) electrons. The van der Waals surface area contributed by atoms with Crippen molar-refractivity contribution in [2.24, 2.45) is 0 Å². The van der Waals surface area contributed by atoms with Gasteiger partial charge in [0.25, 0.3) is 0 Å². The fraction of sp³-hybridized carbons (Fsp3) is 0.310. The van der Waals surface area contributed by atoms with Gasteiger partial charge < -0.3 is 24.3 Å². The van der Waals surface area contributed by atoms with E-state index in [1.165, 1.54) is 31.4 Å². The maximum absolute atomic E-state index is 15.2. The van der Waals surface area contributed by atoms with Gasteiger partial charge in [-0.3, -0.25) is 4.79 Å². The molecule has 0 aliphatic heterocycles. The number of fused-ring (bicyclic) bond motifs is 1. The fourth-order valence-corrected chi connectivity index (χ4v) is 4.16. The lowest BCUT2D eigenvalue weighted by Gasteiger charge is -2.16. The third-order valence-corrected chi connectivity index (χ3v) is 6.39. The zero-order valence-corrected chi connectivity index (χ0v) is 23.5. The van der Waals surface area contributed by atoms with Gasteiger partial charge in [-0.2, -0.15) is 18.3 Å². The molecule has 2 aromatic heterocycles. The molecule has 2 amide bonds. The topological polar surface area (TPSA) is 127 Å². The maximum Gasteiger partial charge on any atom is 0.433 e. The molecule has 0 aliphatic carbocycles. The first-order valence-corrected chi connectivity index (χ1v) is 13.3. The lowest BCUT2D eigenvalue weighted by Crippen LogP contribution is -2.33. The molecule has 4 rings (SSSR count). The molecule has 2 N–H and O–H groups in total. The number of hydrogen-bond donors (Lipinski definition) is 2. The number of hydrogen-bond acceptors (Lipinski definition) is 8. The fourth-order valence-electron chi connectivity index (χ4n) is 4.16. The molecule has 1 unspecified atom stereocenters. The van der Waals surface area contributed by atoms with Crippen LogP contribution in [0.5, 0.6) is 5.75 Å². The average Bonchev–Trinajstić information content (AvgIpc) is 3.44. The number of amides is 2. The number of pyridine rings is 1. The van der Waals surface area contributed by atoms with Crippen LogP contribution in [0.2, 0.25) is 0 Å². The Morgan fingerprint density at radius 1 is 1.09 bits per heavy atom. The number of nitrogens with zero attached hydrogens (tertiary/aromatic N) is 3. The minimum Gasteiger partial charge on any atom is -0.494 e. The standard InChI is InChI=1S/C29H27F5N4O6/c1-3-4-13-43-28(41)35-20(15-39)25-24(27(40)38(34)14-16-5-7-17(30)8-6-16)37-26(44-25)19-9-11-21(42-2)23-18(19)10-12-22(36-23)29(31,32)33/h5-12,20,39H,3-4,13-15H2,1-2H3,(H,35,41). The second-order valence-electron chi connectivity index (χ2n) is 9.46. The van der Waals surface area contributed by atoms with Gasteiger partial charge in [0.1, 0.15) is 28.8 Å². The molecular weight excluding hydrogens is 595 g/mol. The summed E-state index contributed by atoms with van der Waals surface area (Å²) in [6.07, 6.45) is -4.43. The summed E-state index contributed by atoms with van der Waals surface area (Å²) < 4.78 is 84.7. The number of aliphatic hydroxyl groups is 1. The van der Waals surface area contributed by atoms with Gasteiger partial charge in [0.15, 0.2) is 11.5 Å². The van der Waals surface area contributed by atoms with Crippen LogP contribution in [0.3, 0.4) is 0 Å². The van der Waals surface area contributed by atoms with Crippen molar-refractivity contribution in [3.63, 3.8) is 0 Å². The molecule has 0 saturated carbocycles. The van der Waals surface area contributed by atoms with Crippen LogP contribution in [0, 0.1) is 5.82 Å². The number of benzene rings is 2. The molecule has 0 aliphatic rings. The molecule has 0 saturated heterocycles. The van der Waals surface area contributed by atoms with E-state index in [4.69, 9.17) is 13.9 Å². The number of carbonyl (C=O) groups excluding carboxylic acids is 2. The highest BCUT2D eigenvalue weighted by atomic mass is 19.4. The van der Waals surface area contributed by atoms with Crippen molar-refractivity contribution in [1.82, 2.24) is 20.4 Å². The van der Waals surface area contributed by atoms with Gasteiger partial charge in [-0.15, -0.1) is 0 Å². The van der Waals surface area contributed by atoms with Crippen molar-refractivity contribution in [1.29, 1.82) is 0 Å². The van der Waals surface area contributed by atoms with Crippen LogP contribution >= 0.6 is 0 Å². The summed E-state index contributed by atoms with van der Waals surface area (Å²) in [5.41, 5.74) is -1.76. The summed E-state index contributed by atoms with van der Waals surface area (Å²) in [5.74, 6) is -2.72. The van der Waals surface area contributed by atoms with Crippen LogP contribution in [-0.2, 0) is 17.5 Å². The Labute approximate surface area is 247 Å². The number of rotatable bonds is 11. The highest BCUT2D eigenvalue weighted by Gasteiger charge is 2.34. The summed E-state index contributed by atoms with van der Waals surface area (Å²) >= 11 is 0. The van der Waals surface area contributed by atoms with E-state index >= 15 is 4.48 Å². The van der Waals surface area contributed by atoms with Crippen molar-refractivity contribution < 1.29 is 50.6 Å². The first kappa shape index (κ1) is 32.1. The Morgan fingerprint density at radius 3 is 2.45 bits per heavy atom. The van der Waals surface area contributed by atoms with Crippen LogP contribution in [0.1, 0.15) is 53.3 Å². The van der Waals surface area contributed by atoms with E-state index in [1.54, 1.807) is 0 Å². The SMILES string of the molecule is CCCCOC(=O)NC(CO)c1oc(-c2ccc(OC)c3nc(C(F)(F)F)ccc23)nc1C(=O)N(F)Cc1ccc(F)cc1. The van der Waals surface area contributed by atoms with Crippen molar-refractivity contribution in [2.45, 2.75) is 38.5 Å². The number of methoxy groups -OCH3 is 1. The van der Waals surface area contributed by atoms with Gasteiger partial charge in [-0.1, -0.05) is 30.0 Å². The predicted octanol–water partition coefficient (Wildman–Crippen LogP) is 6.14. The van der Waals surface area contributed by atoms with Crippen LogP contribution in [0.25, 0.3) is 22.4 Å². The monoisotopic (exact) mass is 622 g/mol. The highest BCUT2D eigenvalue weighted by molar-refractivity contribution is 5.98. The number of alkyl halides is 3. The van der Waals surface area contributed by atoms with E-state index in [1.807, 2.05) is 6.92 Å². The van der Waals surface area contributed by atoms with Crippen LogP contribution in [0.4, 0.5) is 26.8 Å². The lowest BCUT2D eigenvalue weighted by atomic mass is 10.1. The molecule has 0 bridgehead atoms. The minimum absolute atomic E-state index is 0.00288. The normalized spacial score (nSPS) is 12.2. The van der Waals surface area contributed by atoms with Crippen molar-refractivity contribution in [2.75, 3.05) is 20.3 Å². The van der Waals surface area contributed by atoms with Gasteiger partial charge in [0.05, 0.1) is 26.9 Å². The van der Waals surface area contributed by atoms with Crippen molar-refractivity contribution in [3.05, 3.63) is 77.1 Å². The van der Waals surface area contributed by atoms with E-state index in [9.17, 15) is 32.3 Å². The van der Waals surface area contributed by atoms with Crippen molar-refractivity contribution >= 4 is 22.9 Å². The Bertz CT molecular complexity index is 1630. The van der Waals surface area contributed by atoms with Gasteiger partial charge in [-0.25, -0.2) is 19.2 Å². The van der Waals surface area contributed by atoms with E-state index in [0.717, 1.165) is 30.7 Å². The highest BCUT2D eigenvalue weighted by Crippen LogP contribution is 2.38. The number of unbranched alkanes of at least 4 members (excludes halogenated alkanes) is 1. The van der Waals surface area contributed by atoms with Gasteiger partial charge >= 0.3 is 18.2 Å². The number of halogens is 5. The first-order chi connectivity index (χ1) is 21.0. The molecule has 2 aromatic carbocycles. The summed E-state index contributed by atoms with van der Waals surface area (Å²) in [4.78, 5) is 33.5. The summed E-state index contributed by atoms with van der Waals surface area (Å²) in [6, 6.07) is 7.77. The summed E-state index contributed by atoms with van der Waals surface area (Å²) in [5, 5.41) is 12.3. The van der Waals surface area contributed by atoms with Gasteiger partial charge in [-0.05, 0) is 48.4 Å². The quantitative estimate of drug-likeness (QED) is 0.116. The number of carbonyl (C=O) groups is 2. The molecule has 0 fully saturated rings. The minimum atomic E-state index is -4.76. The first-order valence-electron chi connectivity index (χ1n) is 13.3. The predicted molar refractivity (Wildman–Crippen MR) is 145 cm³/mol. The zero-order chi connectivity index (χ0) is 32.0. The van der Waals surface area contributed by atoms with E-state index in [2.05, 4.69) is 15.3 Å². The number of ether oxygens (including phenoxy) is 2. The van der Waals surface area contributed by atoms with E-state index in [-0.39, 0.29) is 45.4 Å². The third kappa shape index (κ3) is 7.22. The van der Waals surface area contributed by atoms with E-state index in [0.29, 0.717) is 6.42 Å². The number of oxazole rings is 1. The molecular formula is C29H27F5N4O6. The van der Waals surface area contributed by atoms with Crippen LogP contribution in [-0.4, -0.2) is 52.5 Å². The average molecular weight is 623 g/mol. The lowest BCUT2D eigenvalue weighted by molar-refractivity contribution is -0.140. The van der Waals surface area contributed by atoms with Gasteiger partial charge in [0, 0.05) is 10.9 Å². The maximum atomic E-state index is 15.2. The molecule has 4 aromatic rings. The van der Waals surface area contributed by atoms with Crippen molar-refractivity contribution in [3.8, 4) is 17.2 Å². The number of aliphatic hydroxyl groups excluding tert-OH is 1. The zero-order valence-electron chi connectivity index (χ0n) is 23.5. The molecule has 15 heteroatoms. The number of aromatic nitrogens is 2. The second kappa shape index (κ2) is 13.7. The molecule has 0 spiro atoms. The molecule has 234 valence electrons. The summed E-state index contributed by atoms with van der Waals surface area (Å²) in [7, 11) is 1.24. The summed E-state index contributed by atoms with van der Waals surface area (Å²) in [6.45, 7) is 0.492. The largest absolute Gasteiger partial charge is 0.494 e. The molecule has 44 heavy (non-hydrogen) atoms. The Kier molecular flexibility index (Phi) is 9.98. The van der Waals surface area contributed by atoms with Gasteiger partial charge in [0.2, 0.25) is 5.89 Å². The van der Waals surface area contributed by atoms with Crippen LogP contribution in [0.15, 0.2) is 52.9 Å². The van der Waals surface area contributed by atoms with E-state index < -0.39 is 60.3 Å². The Morgan fingerprint density at radius 2 is 1.82 bits per heavy atom. The van der Waals surface area contributed by atoms with Crippen LogP contribution < -0.4 is 10.1 Å². The molecule has 1 atom stereocenters. The Balaban J connectivity index is 1.80. The Hall–Kier alpha value is -4.79. The molecule has 2 heterocycles. The smallest absolute Gasteiger partial charge is 0.433 e. The number of alkyl carbamates (subject to hydrolysis) is 1. The third-order valence-electron chi connectivity index (χ3n) is 6.39. The molecule has 10 nitrogen and oxygen atoms in total. The number of nitrogens with one attached hydrogen (secondary N) is 1.